The molecule has 0 bridgehead atoms. The van der Waals surface area contributed by atoms with E-state index in [0.717, 1.165) is 31.2 Å². The van der Waals surface area contributed by atoms with Crippen LogP contribution in [-0.2, 0) is 0 Å². The molecular formula is C13H16ClNO. The van der Waals surface area contributed by atoms with Crippen LogP contribution in [-0.4, -0.2) is 11.8 Å². The van der Waals surface area contributed by atoms with Crippen molar-refractivity contribution in [1.29, 1.82) is 0 Å². The molecule has 0 aliphatic heterocycles. The summed E-state index contributed by atoms with van der Waals surface area (Å²) < 4.78 is 0. The number of hydrogen-bond acceptors (Lipinski definition) is 2. The van der Waals surface area contributed by atoms with E-state index >= 15 is 0 Å². The molecule has 2 N–H and O–H groups in total. The number of rotatable bonds is 2. The molecule has 0 aromatic heterocycles. The van der Waals surface area contributed by atoms with Crippen LogP contribution in [0.5, 0.6) is 0 Å². The van der Waals surface area contributed by atoms with Gasteiger partial charge >= 0.3 is 0 Å². The largest absolute Gasteiger partial charge is 0.328 e. The Morgan fingerprint density at radius 1 is 1.25 bits per heavy atom. The minimum atomic E-state index is 0.137. The molecule has 0 heterocycles. The van der Waals surface area contributed by atoms with Gasteiger partial charge in [-0.05, 0) is 37.8 Å². The number of halogens is 1. The Balaban J connectivity index is 2.08. The van der Waals surface area contributed by atoms with Crippen LogP contribution in [0.25, 0.3) is 0 Å². The fourth-order valence-electron chi connectivity index (χ4n) is 2.26. The smallest absolute Gasteiger partial charge is 0.165 e. The maximum absolute atomic E-state index is 12.2. The van der Waals surface area contributed by atoms with Crippen LogP contribution >= 0.6 is 11.6 Å². The number of ketones is 1. The first-order chi connectivity index (χ1) is 7.66. The average molecular weight is 238 g/mol. The predicted molar refractivity (Wildman–Crippen MR) is 65.7 cm³/mol. The number of benzene rings is 1. The molecule has 0 saturated heterocycles. The van der Waals surface area contributed by atoms with Crippen LogP contribution in [0.4, 0.5) is 0 Å². The highest BCUT2D eigenvalue weighted by atomic mass is 35.5. The zero-order valence-electron chi connectivity index (χ0n) is 9.16. The van der Waals surface area contributed by atoms with Crippen LogP contribution < -0.4 is 5.73 Å². The van der Waals surface area contributed by atoms with E-state index in [1.54, 1.807) is 12.1 Å². The van der Waals surface area contributed by atoms with E-state index < -0.39 is 0 Å². The van der Waals surface area contributed by atoms with E-state index in [1.165, 1.54) is 0 Å². The quantitative estimate of drug-likeness (QED) is 0.804. The fourth-order valence-corrected chi connectivity index (χ4v) is 2.45. The molecular weight excluding hydrogens is 222 g/mol. The molecule has 1 saturated carbocycles. The molecule has 2 nitrogen and oxygen atoms in total. The fraction of sp³-hybridized carbons (Fsp3) is 0.462. The van der Waals surface area contributed by atoms with Crippen LogP contribution in [0.3, 0.4) is 0 Å². The molecule has 1 aromatic carbocycles. The third kappa shape index (κ3) is 2.63. The number of nitrogens with two attached hydrogens (primary N) is 1. The van der Waals surface area contributed by atoms with E-state index in [-0.39, 0.29) is 17.7 Å². The standard InChI is InChI=1S/C13H16ClNO/c14-11-3-1-2-10(8-11)13(16)9-4-6-12(15)7-5-9/h1-3,8-9,12H,4-7,15H2. The molecule has 1 fully saturated rings. The highest BCUT2D eigenvalue weighted by molar-refractivity contribution is 6.31. The van der Waals surface area contributed by atoms with Gasteiger partial charge in [-0.2, -0.15) is 0 Å². The van der Waals surface area contributed by atoms with Crippen LogP contribution in [0, 0.1) is 5.92 Å². The third-order valence-corrected chi connectivity index (χ3v) is 3.49. The first kappa shape index (κ1) is 11.6. The molecule has 2 rings (SSSR count). The number of hydrogen-bond donors (Lipinski definition) is 1. The molecule has 0 radical (unpaired) electrons. The summed E-state index contributed by atoms with van der Waals surface area (Å²) in [5.74, 6) is 0.354. The lowest BCUT2D eigenvalue weighted by atomic mass is 9.82. The summed E-state index contributed by atoms with van der Waals surface area (Å²) in [5.41, 5.74) is 6.56. The van der Waals surface area contributed by atoms with Gasteiger partial charge in [0.05, 0.1) is 0 Å². The maximum Gasteiger partial charge on any atom is 0.165 e. The Morgan fingerprint density at radius 2 is 1.94 bits per heavy atom. The summed E-state index contributed by atoms with van der Waals surface area (Å²) in [7, 11) is 0. The maximum atomic E-state index is 12.2. The Morgan fingerprint density at radius 3 is 2.56 bits per heavy atom. The Hall–Kier alpha value is -0.860. The number of Topliss-reactive ketones (excluding diaryl/α,β-unsaturated/α-hetero) is 1. The summed E-state index contributed by atoms with van der Waals surface area (Å²) in [6, 6.07) is 7.48. The van der Waals surface area contributed by atoms with E-state index in [2.05, 4.69) is 0 Å². The minimum Gasteiger partial charge on any atom is -0.328 e. The van der Waals surface area contributed by atoms with E-state index in [0.29, 0.717) is 5.02 Å². The minimum absolute atomic E-state index is 0.137. The topological polar surface area (TPSA) is 43.1 Å². The van der Waals surface area contributed by atoms with Crippen molar-refractivity contribution in [3.8, 4) is 0 Å². The van der Waals surface area contributed by atoms with Gasteiger partial charge in [0.25, 0.3) is 0 Å². The van der Waals surface area contributed by atoms with Crippen molar-refractivity contribution < 1.29 is 4.79 Å². The SMILES string of the molecule is NC1CCC(C(=O)c2cccc(Cl)c2)CC1. The molecule has 3 heteroatoms. The molecule has 1 aromatic rings. The van der Waals surface area contributed by atoms with E-state index in [4.69, 9.17) is 17.3 Å². The van der Waals surface area contributed by atoms with Crippen LogP contribution in [0.15, 0.2) is 24.3 Å². The average Bonchev–Trinajstić information content (AvgIpc) is 2.29. The highest BCUT2D eigenvalue weighted by Gasteiger charge is 2.25. The summed E-state index contributed by atoms with van der Waals surface area (Å²) in [4.78, 5) is 12.2. The third-order valence-electron chi connectivity index (χ3n) is 3.25. The zero-order valence-corrected chi connectivity index (χ0v) is 9.91. The highest BCUT2D eigenvalue weighted by Crippen LogP contribution is 2.27. The molecule has 0 atom stereocenters. The first-order valence-electron chi connectivity index (χ1n) is 5.72. The van der Waals surface area contributed by atoms with Crippen molar-refractivity contribution in [2.75, 3.05) is 0 Å². The Labute approximate surface area is 101 Å². The summed E-state index contributed by atoms with van der Waals surface area (Å²) in [5, 5.41) is 0.623. The van der Waals surface area contributed by atoms with Gasteiger partial charge in [-0.1, -0.05) is 23.7 Å². The van der Waals surface area contributed by atoms with Crippen molar-refractivity contribution in [2.45, 2.75) is 31.7 Å². The second-order valence-corrected chi connectivity index (χ2v) is 4.92. The Bertz CT molecular complexity index is 383. The second-order valence-electron chi connectivity index (χ2n) is 4.49. The van der Waals surface area contributed by atoms with Crippen LogP contribution in [0.2, 0.25) is 5.02 Å². The number of carbonyl (C=O) groups is 1. The molecule has 16 heavy (non-hydrogen) atoms. The summed E-state index contributed by atoms with van der Waals surface area (Å²) in [6.07, 6.45) is 3.73. The molecule has 1 aliphatic carbocycles. The summed E-state index contributed by atoms with van der Waals surface area (Å²) in [6.45, 7) is 0. The van der Waals surface area contributed by atoms with Gasteiger partial charge in [0.15, 0.2) is 5.78 Å². The molecule has 0 unspecified atom stereocenters. The predicted octanol–water partition coefficient (Wildman–Crippen LogP) is 3.04. The van der Waals surface area contributed by atoms with Gasteiger partial charge in [-0.25, -0.2) is 0 Å². The van der Waals surface area contributed by atoms with Gasteiger partial charge in [-0.3, -0.25) is 4.79 Å². The van der Waals surface area contributed by atoms with Crippen molar-refractivity contribution in [1.82, 2.24) is 0 Å². The lowest BCUT2D eigenvalue weighted by Crippen LogP contribution is -2.29. The van der Waals surface area contributed by atoms with E-state index in [9.17, 15) is 4.79 Å². The van der Waals surface area contributed by atoms with Gasteiger partial charge in [0.1, 0.15) is 0 Å². The first-order valence-corrected chi connectivity index (χ1v) is 6.10. The van der Waals surface area contributed by atoms with E-state index in [1.807, 2.05) is 12.1 Å². The number of carbonyl (C=O) groups excluding carboxylic acids is 1. The lowest BCUT2D eigenvalue weighted by molar-refractivity contribution is 0.0885. The lowest BCUT2D eigenvalue weighted by Gasteiger charge is -2.24. The Kier molecular flexibility index (Phi) is 3.62. The summed E-state index contributed by atoms with van der Waals surface area (Å²) >= 11 is 5.88. The van der Waals surface area contributed by atoms with Gasteiger partial charge in [0, 0.05) is 22.5 Å². The van der Waals surface area contributed by atoms with Gasteiger partial charge in [0.2, 0.25) is 0 Å². The van der Waals surface area contributed by atoms with Gasteiger partial charge in [-0.15, -0.1) is 0 Å². The monoisotopic (exact) mass is 237 g/mol. The zero-order chi connectivity index (χ0) is 11.5. The molecule has 86 valence electrons. The molecule has 0 amide bonds. The molecule has 1 aliphatic rings. The molecule has 0 spiro atoms. The second kappa shape index (κ2) is 4.98. The van der Waals surface area contributed by atoms with Crippen molar-refractivity contribution in [3.63, 3.8) is 0 Å². The normalized spacial score (nSPS) is 25.4. The van der Waals surface area contributed by atoms with Crippen molar-refractivity contribution in [3.05, 3.63) is 34.9 Å². The van der Waals surface area contributed by atoms with Crippen molar-refractivity contribution >= 4 is 17.4 Å². The van der Waals surface area contributed by atoms with Gasteiger partial charge < -0.3 is 5.73 Å². The van der Waals surface area contributed by atoms with Crippen molar-refractivity contribution in [2.24, 2.45) is 11.7 Å². The van der Waals surface area contributed by atoms with Crippen LogP contribution in [0.1, 0.15) is 36.0 Å².